The number of thiophene rings is 1. The van der Waals surface area contributed by atoms with Crippen LogP contribution in [0.15, 0.2) is 35.0 Å². The van der Waals surface area contributed by atoms with E-state index in [-0.39, 0.29) is 6.42 Å². The van der Waals surface area contributed by atoms with E-state index in [1.54, 1.807) is 6.07 Å². The van der Waals surface area contributed by atoms with Crippen LogP contribution in [0.5, 0.6) is 0 Å². The van der Waals surface area contributed by atoms with Crippen LogP contribution in [0.25, 0.3) is 0 Å². The lowest BCUT2D eigenvalue weighted by Gasteiger charge is -2.12. The van der Waals surface area contributed by atoms with Crippen molar-refractivity contribution >= 4 is 17.1 Å². The van der Waals surface area contributed by atoms with Crippen molar-refractivity contribution in [2.45, 2.75) is 19.0 Å². The van der Waals surface area contributed by atoms with Crippen LogP contribution in [-0.2, 0) is 12.6 Å². The molecule has 1 aromatic heterocycles. The minimum atomic E-state index is -4.67. The first-order chi connectivity index (χ1) is 9.38. The number of benzene rings is 1. The van der Waals surface area contributed by atoms with Gasteiger partial charge in [0.1, 0.15) is 5.82 Å². The molecule has 2 rings (SSSR count). The van der Waals surface area contributed by atoms with Crippen LogP contribution in [0.4, 0.5) is 17.6 Å². The molecule has 0 saturated heterocycles. The second kappa shape index (κ2) is 5.75. The topological polar surface area (TPSA) is 17.1 Å². The Hall–Kier alpha value is -1.69. The van der Waals surface area contributed by atoms with Gasteiger partial charge in [0.15, 0.2) is 5.78 Å². The van der Waals surface area contributed by atoms with E-state index in [0.717, 1.165) is 5.56 Å². The number of alkyl halides is 3. The molecule has 0 unspecified atom stereocenters. The molecule has 0 aliphatic rings. The first-order valence-corrected chi connectivity index (χ1v) is 6.73. The van der Waals surface area contributed by atoms with Crippen molar-refractivity contribution in [1.82, 2.24) is 0 Å². The van der Waals surface area contributed by atoms with Gasteiger partial charge in [-0.3, -0.25) is 4.79 Å². The van der Waals surface area contributed by atoms with Gasteiger partial charge in [-0.05, 0) is 47.0 Å². The van der Waals surface area contributed by atoms with Crippen molar-refractivity contribution in [2.75, 3.05) is 0 Å². The average Bonchev–Trinajstić information content (AvgIpc) is 2.87. The quantitative estimate of drug-likeness (QED) is 0.590. The monoisotopic (exact) mass is 302 g/mol. The standard InChI is InChI=1S/C14H10F4OS/c15-10-2-3-12(14(16,17)18)11(7-10)13(19)4-1-9-5-6-20-8-9/h2-3,5-8H,1,4H2. The van der Waals surface area contributed by atoms with Gasteiger partial charge in [0, 0.05) is 12.0 Å². The molecule has 0 aliphatic carbocycles. The van der Waals surface area contributed by atoms with Gasteiger partial charge in [0.2, 0.25) is 0 Å². The van der Waals surface area contributed by atoms with E-state index in [9.17, 15) is 22.4 Å². The summed E-state index contributed by atoms with van der Waals surface area (Å²) < 4.78 is 51.4. The summed E-state index contributed by atoms with van der Waals surface area (Å²) in [6.07, 6.45) is -4.40. The van der Waals surface area contributed by atoms with Crippen molar-refractivity contribution < 1.29 is 22.4 Å². The van der Waals surface area contributed by atoms with Gasteiger partial charge in [-0.25, -0.2) is 4.39 Å². The minimum absolute atomic E-state index is 0.0801. The third-order valence-corrected chi connectivity index (χ3v) is 3.54. The highest BCUT2D eigenvalue weighted by molar-refractivity contribution is 7.07. The lowest BCUT2D eigenvalue weighted by molar-refractivity contribution is -0.137. The second-order valence-electron chi connectivity index (χ2n) is 4.24. The van der Waals surface area contributed by atoms with Gasteiger partial charge in [-0.1, -0.05) is 0 Å². The molecule has 0 N–H and O–H groups in total. The molecule has 20 heavy (non-hydrogen) atoms. The summed E-state index contributed by atoms with van der Waals surface area (Å²) in [6.45, 7) is 0. The highest BCUT2D eigenvalue weighted by Crippen LogP contribution is 2.33. The van der Waals surface area contributed by atoms with Crippen LogP contribution in [-0.4, -0.2) is 5.78 Å². The molecule has 6 heteroatoms. The molecule has 0 radical (unpaired) electrons. The molecule has 0 atom stereocenters. The van der Waals surface area contributed by atoms with E-state index in [1.165, 1.54) is 11.3 Å². The van der Waals surface area contributed by atoms with Crippen molar-refractivity contribution in [2.24, 2.45) is 0 Å². The Bertz CT molecular complexity index is 602. The summed E-state index contributed by atoms with van der Waals surface area (Å²) in [5.41, 5.74) is -0.810. The Morgan fingerprint density at radius 2 is 1.95 bits per heavy atom. The Balaban J connectivity index is 2.22. The SMILES string of the molecule is O=C(CCc1ccsc1)c1cc(F)ccc1C(F)(F)F. The summed E-state index contributed by atoms with van der Waals surface area (Å²) >= 11 is 1.45. The second-order valence-corrected chi connectivity index (χ2v) is 5.02. The summed E-state index contributed by atoms with van der Waals surface area (Å²) in [7, 11) is 0. The van der Waals surface area contributed by atoms with E-state index in [2.05, 4.69) is 0 Å². The van der Waals surface area contributed by atoms with Gasteiger partial charge in [0.05, 0.1) is 5.56 Å². The Kier molecular flexibility index (Phi) is 4.23. The fourth-order valence-electron chi connectivity index (χ4n) is 1.82. The first kappa shape index (κ1) is 14.7. The van der Waals surface area contributed by atoms with E-state index < -0.39 is 28.9 Å². The average molecular weight is 302 g/mol. The Labute approximate surface area is 116 Å². The highest BCUT2D eigenvalue weighted by Gasteiger charge is 2.35. The van der Waals surface area contributed by atoms with Crippen LogP contribution in [0.1, 0.15) is 27.9 Å². The normalized spacial score (nSPS) is 11.6. The van der Waals surface area contributed by atoms with Gasteiger partial charge >= 0.3 is 6.18 Å². The van der Waals surface area contributed by atoms with Crippen molar-refractivity contribution in [3.8, 4) is 0 Å². The molecule has 0 amide bonds. The zero-order valence-corrected chi connectivity index (χ0v) is 11.0. The van der Waals surface area contributed by atoms with Crippen molar-refractivity contribution in [3.63, 3.8) is 0 Å². The Morgan fingerprint density at radius 3 is 2.55 bits per heavy atom. The number of hydrogen-bond donors (Lipinski definition) is 0. The number of halogens is 4. The van der Waals surface area contributed by atoms with Gasteiger partial charge < -0.3 is 0 Å². The highest BCUT2D eigenvalue weighted by atomic mass is 32.1. The maximum atomic E-state index is 13.1. The van der Waals surface area contributed by atoms with Gasteiger partial charge in [0.25, 0.3) is 0 Å². The smallest absolute Gasteiger partial charge is 0.294 e. The van der Waals surface area contributed by atoms with E-state index in [1.807, 2.05) is 10.8 Å². The predicted octanol–water partition coefficient (Wildman–Crippen LogP) is 4.72. The minimum Gasteiger partial charge on any atom is -0.294 e. The lowest BCUT2D eigenvalue weighted by atomic mass is 9.99. The fraction of sp³-hybridized carbons (Fsp3) is 0.214. The van der Waals surface area contributed by atoms with E-state index in [0.29, 0.717) is 24.6 Å². The third-order valence-electron chi connectivity index (χ3n) is 2.81. The summed E-state index contributed by atoms with van der Waals surface area (Å²) in [5.74, 6) is -1.56. The molecule has 0 spiro atoms. The molecule has 2 aromatic rings. The zero-order valence-electron chi connectivity index (χ0n) is 10.2. The number of hydrogen-bond acceptors (Lipinski definition) is 2. The van der Waals surface area contributed by atoms with Crippen LogP contribution in [0.3, 0.4) is 0 Å². The maximum absolute atomic E-state index is 13.1. The molecule has 0 aliphatic heterocycles. The van der Waals surface area contributed by atoms with Crippen LogP contribution in [0.2, 0.25) is 0 Å². The number of aryl methyl sites for hydroxylation is 1. The molecule has 1 aromatic carbocycles. The molecular weight excluding hydrogens is 292 g/mol. The van der Waals surface area contributed by atoms with Crippen LogP contribution in [0, 0.1) is 5.82 Å². The van der Waals surface area contributed by atoms with Gasteiger partial charge in [-0.2, -0.15) is 24.5 Å². The van der Waals surface area contributed by atoms with E-state index >= 15 is 0 Å². The van der Waals surface area contributed by atoms with Crippen molar-refractivity contribution in [3.05, 3.63) is 57.5 Å². The molecule has 0 saturated carbocycles. The Morgan fingerprint density at radius 1 is 1.20 bits per heavy atom. The number of carbonyl (C=O) groups excluding carboxylic acids is 1. The molecular formula is C14H10F4OS. The number of carbonyl (C=O) groups is 1. The molecule has 0 fully saturated rings. The summed E-state index contributed by atoms with van der Waals surface area (Å²) in [4.78, 5) is 11.9. The molecule has 106 valence electrons. The lowest BCUT2D eigenvalue weighted by Crippen LogP contribution is -2.14. The van der Waals surface area contributed by atoms with Crippen molar-refractivity contribution in [1.29, 1.82) is 0 Å². The first-order valence-electron chi connectivity index (χ1n) is 5.79. The fourth-order valence-corrected chi connectivity index (χ4v) is 2.52. The zero-order chi connectivity index (χ0) is 14.8. The summed E-state index contributed by atoms with van der Waals surface area (Å²) in [6, 6.07) is 3.76. The summed E-state index contributed by atoms with van der Waals surface area (Å²) in [5, 5.41) is 3.65. The maximum Gasteiger partial charge on any atom is 0.417 e. The third kappa shape index (κ3) is 3.45. The molecule has 1 heterocycles. The van der Waals surface area contributed by atoms with E-state index in [4.69, 9.17) is 0 Å². The molecule has 0 bridgehead atoms. The predicted molar refractivity (Wildman–Crippen MR) is 68.4 cm³/mol. The number of rotatable bonds is 4. The molecule has 1 nitrogen and oxygen atoms in total. The van der Waals surface area contributed by atoms with Gasteiger partial charge in [-0.15, -0.1) is 0 Å². The number of ketones is 1. The number of Topliss-reactive ketones (excluding diaryl/α,β-unsaturated/α-hetero) is 1. The van der Waals surface area contributed by atoms with Crippen LogP contribution < -0.4 is 0 Å². The van der Waals surface area contributed by atoms with Crippen LogP contribution >= 0.6 is 11.3 Å². The largest absolute Gasteiger partial charge is 0.417 e.